The summed E-state index contributed by atoms with van der Waals surface area (Å²) in [5.74, 6) is 1.70. The van der Waals surface area contributed by atoms with Gasteiger partial charge in [-0.3, -0.25) is 0 Å². The largest absolute Gasteiger partial charge is 0.348 e. The maximum Gasteiger partial charge on any atom is 0.185 e. The van der Waals surface area contributed by atoms with Crippen molar-refractivity contribution in [2.24, 2.45) is 17.6 Å². The molecule has 0 bridgehead atoms. The Kier molecular flexibility index (Phi) is 4.05. The minimum Gasteiger partial charge on any atom is -0.348 e. The summed E-state index contributed by atoms with van der Waals surface area (Å²) >= 11 is 1.73. The smallest absolute Gasteiger partial charge is 0.185 e. The number of rotatable bonds is 3. The van der Waals surface area contributed by atoms with E-state index >= 15 is 0 Å². The number of nitrogens with two attached hydrogens (primary N) is 1. The van der Waals surface area contributed by atoms with Gasteiger partial charge in [0.25, 0.3) is 0 Å². The number of thiazole rings is 1. The first-order valence-corrected chi connectivity index (χ1v) is 7.42. The van der Waals surface area contributed by atoms with Crippen LogP contribution in [0.1, 0.15) is 45.3 Å². The molecule has 17 heavy (non-hydrogen) atoms. The minimum atomic E-state index is 0.0493. The highest BCUT2D eigenvalue weighted by Gasteiger charge is 2.23. The molecule has 3 nitrogen and oxygen atoms in total. The second-order valence-corrected chi connectivity index (χ2v) is 6.25. The Morgan fingerprint density at radius 1 is 1.35 bits per heavy atom. The number of aromatic nitrogens is 1. The summed E-state index contributed by atoms with van der Waals surface area (Å²) in [6.07, 6.45) is 2.59. The highest BCUT2D eigenvalue weighted by atomic mass is 32.1. The van der Waals surface area contributed by atoms with Gasteiger partial charge in [-0.25, -0.2) is 4.98 Å². The van der Waals surface area contributed by atoms with Gasteiger partial charge in [-0.2, -0.15) is 0 Å². The van der Waals surface area contributed by atoms with Crippen LogP contribution in [0.2, 0.25) is 0 Å². The zero-order valence-corrected chi connectivity index (χ0v) is 11.8. The van der Waals surface area contributed by atoms with Gasteiger partial charge >= 0.3 is 0 Å². The van der Waals surface area contributed by atoms with E-state index in [1.165, 1.54) is 12.8 Å². The molecule has 1 saturated heterocycles. The number of hydrogen-bond donors (Lipinski definition) is 1. The van der Waals surface area contributed by atoms with Gasteiger partial charge in [-0.1, -0.05) is 13.8 Å². The Hall–Kier alpha value is -0.610. The minimum absolute atomic E-state index is 0.0493. The Balaban J connectivity index is 1.96. The number of nitrogens with zero attached hydrogens (tertiary/aromatic N) is 2. The van der Waals surface area contributed by atoms with Gasteiger partial charge in [-0.05, 0) is 31.6 Å². The molecule has 1 aliphatic heterocycles. The van der Waals surface area contributed by atoms with E-state index in [9.17, 15) is 0 Å². The van der Waals surface area contributed by atoms with Gasteiger partial charge < -0.3 is 10.6 Å². The van der Waals surface area contributed by atoms with Crippen LogP contribution in [0.5, 0.6) is 0 Å². The topological polar surface area (TPSA) is 42.1 Å². The average molecular weight is 253 g/mol. The van der Waals surface area contributed by atoms with Crippen molar-refractivity contribution >= 4 is 16.5 Å². The van der Waals surface area contributed by atoms with Crippen LogP contribution in [0.3, 0.4) is 0 Å². The fourth-order valence-corrected chi connectivity index (χ4v) is 3.37. The maximum absolute atomic E-state index is 5.84. The predicted octanol–water partition coefficient (Wildman–Crippen LogP) is 3.04. The molecule has 1 aromatic heterocycles. The van der Waals surface area contributed by atoms with E-state index in [0.717, 1.165) is 35.8 Å². The normalized spacial score (nSPS) is 19.9. The van der Waals surface area contributed by atoms with Crippen LogP contribution >= 0.6 is 11.3 Å². The SMILES string of the molecule is CC(N)c1csc(N2CCC(C(C)C)CC2)n1. The number of piperidine rings is 1. The molecule has 4 heteroatoms. The molecule has 0 saturated carbocycles. The highest BCUT2D eigenvalue weighted by Crippen LogP contribution is 2.30. The van der Waals surface area contributed by atoms with Crippen molar-refractivity contribution in [2.45, 2.75) is 39.7 Å². The summed E-state index contributed by atoms with van der Waals surface area (Å²) in [4.78, 5) is 7.03. The molecule has 1 aliphatic rings. The standard InChI is InChI=1S/C13H23N3S/c1-9(2)11-4-6-16(7-5-11)13-15-12(8-17-13)10(3)14/h8-11H,4-7,14H2,1-3H3. The van der Waals surface area contributed by atoms with Crippen molar-refractivity contribution in [3.05, 3.63) is 11.1 Å². The van der Waals surface area contributed by atoms with Gasteiger partial charge in [0.1, 0.15) is 0 Å². The second-order valence-electron chi connectivity index (χ2n) is 5.41. The first-order valence-electron chi connectivity index (χ1n) is 6.54. The highest BCUT2D eigenvalue weighted by molar-refractivity contribution is 7.13. The van der Waals surface area contributed by atoms with Crippen molar-refractivity contribution in [3.63, 3.8) is 0 Å². The van der Waals surface area contributed by atoms with Crippen LogP contribution in [-0.2, 0) is 0 Å². The van der Waals surface area contributed by atoms with Crippen LogP contribution < -0.4 is 10.6 Å². The zero-order valence-electron chi connectivity index (χ0n) is 11.0. The van der Waals surface area contributed by atoms with E-state index < -0.39 is 0 Å². The van der Waals surface area contributed by atoms with Gasteiger partial charge in [-0.15, -0.1) is 11.3 Å². The molecule has 1 unspecified atom stereocenters. The van der Waals surface area contributed by atoms with Gasteiger partial charge in [0, 0.05) is 24.5 Å². The summed E-state index contributed by atoms with van der Waals surface area (Å²) in [6.45, 7) is 8.95. The molecule has 2 heterocycles. The first kappa shape index (κ1) is 12.8. The fraction of sp³-hybridized carbons (Fsp3) is 0.769. The summed E-state index contributed by atoms with van der Waals surface area (Å²) in [7, 11) is 0. The van der Waals surface area contributed by atoms with E-state index in [1.807, 2.05) is 6.92 Å². The van der Waals surface area contributed by atoms with Gasteiger partial charge in [0.05, 0.1) is 5.69 Å². The van der Waals surface area contributed by atoms with E-state index in [-0.39, 0.29) is 6.04 Å². The lowest BCUT2D eigenvalue weighted by atomic mass is 9.87. The Morgan fingerprint density at radius 3 is 2.47 bits per heavy atom. The molecule has 2 rings (SSSR count). The second kappa shape index (κ2) is 5.36. The summed E-state index contributed by atoms with van der Waals surface area (Å²) in [6, 6.07) is 0.0493. The monoisotopic (exact) mass is 253 g/mol. The van der Waals surface area contributed by atoms with E-state index in [1.54, 1.807) is 11.3 Å². The van der Waals surface area contributed by atoms with Crippen molar-refractivity contribution in [1.82, 2.24) is 4.98 Å². The fourth-order valence-electron chi connectivity index (χ4n) is 2.39. The van der Waals surface area contributed by atoms with Gasteiger partial charge in [0.2, 0.25) is 0 Å². The average Bonchev–Trinajstić information content (AvgIpc) is 2.78. The molecule has 0 amide bonds. The molecule has 1 aromatic rings. The lowest BCUT2D eigenvalue weighted by molar-refractivity contribution is 0.311. The Morgan fingerprint density at radius 2 is 2.00 bits per heavy atom. The van der Waals surface area contributed by atoms with Gasteiger partial charge in [0.15, 0.2) is 5.13 Å². The quantitative estimate of drug-likeness (QED) is 0.900. The number of hydrogen-bond acceptors (Lipinski definition) is 4. The van der Waals surface area contributed by atoms with Crippen LogP contribution in [0.15, 0.2) is 5.38 Å². The molecular weight excluding hydrogens is 230 g/mol. The zero-order chi connectivity index (χ0) is 12.4. The third-order valence-corrected chi connectivity index (χ3v) is 4.65. The maximum atomic E-state index is 5.84. The number of anilines is 1. The predicted molar refractivity (Wildman–Crippen MR) is 74.5 cm³/mol. The molecule has 0 aromatic carbocycles. The molecule has 0 radical (unpaired) electrons. The van der Waals surface area contributed by atoms with E-state index in [4.69, 9.17) is 5.73 Å². The van der Waals surface area contributed by atoms with Crippen molar-refractivity contribution < 1.29 is 0 Å². The first-order chi connectivity index (χ1) is 8.08. The summed E-state index contributed by atoms with van der Waals surface area (Å²) < 4.78 is 0. The molecule has 0 spiro atoms. The van der Waals surface area contributed by atoms with Crippen molar-refractivity contribution in [3.8, 4) is 0 Å². The molecule has 96 valence electrons. The molecule has 1 atom stereocenters. The lowest BCUT2D eigenvalue weighted by Gasteiger charge is -2.33. The summed E-state index contributed by atoms with van der Waals surface area (Å²) in [5.41, 5.74) is 6.87. The van der Waals surface area contributed by atoms with Crippen LogP contribution in [0.4, 0.5) is 5.13 Å². The van der Waals surface area contributed by atoms with Crippen LogP contribution in [0, 0.1) is 11.8 Å². The molecule has 2 N–H and O–H groups in total. The van der Waals surface area contributed by atoms with Crippen molar-refractivity contribution in [1.29, 1.82) is 0 Å². The molecule has 0 aliphatic carbocycles. The molecule has 1 fully saturated rings. The third kappa shape index (κ3) is 2.99. The van der Waals surface area contributed by atoms with Crippen LogP contribution in [0.25, 0.3) is 0 Å². The Bertz CT molecular complexity index is 351. The summed E-state index contributed by atoms with van der Waals surface area (Å²) in [5, 5.41) is 3.24. The lowest BCUT2D eigenvalue weighted by Crippen LogP contribution is -2.35. The van der Waals surface area contributed by atoms with E-state index in [2.05, 4.69) is 29.1 Å². The van der Waals surface area contributed by atoms with Crippen molar-refractivity contribution in [2.75, 3.05) is 18.0 Å². The Labute approximate surface area is 108 Å². The molecular formula is C13H23N3S. The third-order valence-electron chi connectivity index (χ3n) is 3.73. The van der Waals surface area contributed by atoms with Crippen LogP contribution in [-0.4, -0.2) is 18.1 Å². The van der Waals surface area contributed by atoms with E-state index in [0.29, 0.717) is 0 Å².